The number of halogens is 2. The van der Waals surface area contributed by atoms with E-state index in [-0.39, 0.29) is 12.2 Å². The summed E-state index contributed by atoms with van der Waals surface area (Å²) in [5.74, 6) is -0.998. The number of benzene rings is 1. The Bertz CT molecular complexity index is 317. The van der Waals surface area contributed by atoms with Crippen LogP contribution in [0.5, 0.6) is 0 Å². The van der Waals surface area contributed by atoms with Crippen LogP contribution in [0.25, 0.3) is 0 Å². The molecule has 0 saturated carbocycles. The Morgan fingerprint density at radius 2 is 2.13 bits per heavy atom. The van der Waals surface area contributed by atoms with Crippen LogP contribution in [0.4, 0.5) is 8.78 Å². The van der Waals surface area contributed by atoms with Crippen LogP contribution in [0.3, 0.4) is 0 Å². The number of aliphatic hydroxyl groups excluding tert-OH is 1. The van der Waals surface area contributed by atoms with Gasteiger partial charge in [0.15, 0.2) is 0 Å². The molecule has 4 heteroatoms. The van der Waals surface area contributed by atoms with E-state index in [1.54, 1.807) is 0 Å². The molecule has 1 aromatic rings. The molecule has 0 aliphatic rings. The van der Waals surface area contributed by atoms with Gasteiger partial charge in [0.2, 0.25) is 0 Å². The van der Waals surface area contributed by atoms with Gasteiger partial charge in [-0.2, -0.15) is 0 Å². The van der Waals surface area contributed by atoms with Gasteiger partial charge < -0.3 is 10.4 Å². The minimum atomic E-state index is -0.541. The number of hydrogen-bond acceptors (Lipinski definition) is 2. The quantitative estimate of drug-likeness (QED) is 0.787. The van der Waals surface area contributed by atoms with Crippen LogP contribution in [-0.4, -0.2) is 18.3 Å². The Morgan fingerprint density at radius 1 is 1.40 bits per heavy atom. The maximum atomic E-state index is 13.3. The highest BCUT2D eigenvalue weighted by atomic mass is 19.1. The summed E-state index contributed by atoms with van der Waals surface area (Å²) in [5, 5.41) is 12.0. The van der Waals surface area contributed by atoms with E-state index >= 15 is 0 Å². The molecule has 1 unspecified atom stereocenters. The van der Waals surface area contributed by atoms with Gasteiger partial charge in [-0.1, -0.05) is 6.92 Å². The van der Waals surface area contributed by atoms with Gasteiger partial charge in [0.25, 0.3) is 0 Å². The molecule has 0 bridgehead atoms. The SMILES string of the molecule is CCCNC(CO)c1cc(F)ccc1F. The molecule has 2 nitrogen and oxygen atoms in total. The van der Waals surface area contributed by atoms with E-state index in [1.165, 1.54) is 0 Å². The van der Waals surface area contributed by atoms with Crippen molar-refractivity contribution in [1.82, 2.24) is 5.32 Å². The second kappa shape index (κ2) is 5.78. The molecule has 0 aliphatic heterocycles. The lowest BCUT2D eigenvalue weighted by molar-refractivity contribution is 0.241. The van der Waals surface area contributed by atoms with E-state index in [0.717, 1.165) is 24.6 Å². The van der Waals surface area contributed by atoms with E-state index in [0.29, 0.717) is 6.54 Å². The second-order valence-corrected chi connectivity index (χ2v) is 3.36. The molecule has 0 aromatic heterocycles. The van der Waals surface area contributed by atoms with Crippen LogP contribution in [0, 0.1) is 11.6 Å². The summed E-state index contributed by atoms with van der Waals surface area (Å²) in [5.41, 5.74) is 0.172. The van der Waals surface area contributed by atoms with E-state index in [1.807, 2.05) is 6.92 Å². The van der Waals surface area contributed by atoms with Crippen LogP contribution in [0.15, 0.2) is 18.2 Å². The van der Waals surface area contributed by atoms with Gasteiger partial charge in [-0.15, -0.1) is 0 Å². The maximum absolute atomic E-state index is 13.3. The van der Waals surface area contributed by atoms with E-state index in [9.17, 15) is 8.78 Å². The monoisotopic (exact) mass is 215 g/mol. The third-order valence-electron chi connectivity index (χ3n) is 2.16. The molecule has 84 valence electrons. The fourth-order valence-corrected chi connectivity index (χ4v) is 1.37. The molecular weight excluding hydrogens is 200 g/mol. The molecule has 0 spiro atoms. The van der Waals surface area contributed by atoms with Crippen molar-refractivity contribution in [1.29, 1.82) is 0 Å². The van der Waals surface area contributed by atoms with Gasteiger partial charge in [-0.25, -0.2) is 8.78 Å². The standard InChI is InChI=1S/C11H15F2NO/c1-2-5-14-11(7-15)9-6-8(12)3-4-10(9)13/h3-4,6,11,14-15H,2,5,7H2,1H3. The van der Waals surface area contributed by atoms with Crippen molar-refractivity contribution in [2.75, 3.05) is 13.2 Å². The summed E-state index contributed by atoms with van der Waals surface area (Å²) >= 11 is 0. The average Bonchev–Trinajstić information content (AvgIpc) is 2.24. The van der Waals surface area contributed by atoms with Crippen molar-refractivity contribution in [3.05, 3.63) is 35.4 Å². The van der Waals surface area contributed by atoms with Crippen molar-refractivity contribution >= 4 is 0 Å². The third-order valence-corrected chi connectivity index (χ3v) is 2.16. The van der Waals surface area contributed by atoms with E-state index in [4.69, 9.17) is 5.11 Å². The Hall–Kier alpha value is -1.00. The topological polar surface area (TPSA) is 32.3 Å². The normalized spacial score (nSPS) is 12.8. The van der Waals surface area contributed by atoms with Crippen LogP contribution in [-0.2, 0) is 0 Å². The Labute approximate surface area is 87.9 Å². The van der Waals surface area contributed by atoms with E-state index in [2.05, 4.69) is 5.32 Å². The first-order chi connectivity index (χ1) is 7.19. The van der Waals surface area contributed by atoms with Crippen molar-refractivity contribution in [3.8, 4) is 0 Å². The lowest BCUT2D eigenvalue weighted by Crippen LogP contribution is -2.26. The highest BCUT2D eigenvalue weighted by Crippen LogP contribution is 2.17. The van der Waals surface area contributed by atoms with Crippen LogP contribution >= 0.6 is 0 Å². The summed E-state index contributed by atoms with van der Waals surface area (Å²) in [4.78, 5) is 0. The minimum absolute atomic E-state index is 0.172. The van der Waals surface area contributed by atoms with E-state index < -0.39 is 17.7 Å². The zero-order chi connectivity index (χ0) is 11.3. The van der Waals surface area contributed by atoms with Crippen LogP contribution in [0.2, 0.25) is 0 Å². The number of nitrogens with one attached hydrogen (secondary N) is 1. The van der Waals surface area contributed by atoms with Gasteiger partial charge in [-0.3, -0.25) is 0 Å². The smallest absolute Gasteiger partial charge is 0.128 e. The number of hydrogen-bond donors (Lipinski definition) is 2. The molecule has 0 amide bonds. The first-order valence-electron chi connectivity index (χ1n) is 4.98. The highest BCUT2D eigenvalue weighted by Gasteiger charge is 2.14. The Kier molecular flexibility index (Phi) is 4.65. The molecule has 0 heterocycles. The zero-order valence-corrected chi connectivity index (χ0v) is 8.63. The van der Waals surface area contributed by atoms with Crippen molar-refractivity contribution in [3.63, 3.8) is 0 Å². The summed E-state index contributed by atoms with van der Waals surface area (Å²) in [6, 6.07) is 2.70. The summed E-state index contributed by atoms with van der Waals surface area (Å²) in [7, 11) is 0. The number of aliphatic hydroxyl groups is 1. The fourth-order valence-electron chi connectivity index (χ4n) is 1.37. The second-order valence-electron chi connectivity index (χ2n) is 3.36. The summed E-state index contributed by atoms with van der Waals surface area (Å²) < 4.78 is 26.2. The van der Waals surface area contributed by atoms with Gasteiger partial charge in [0, 0.05) is 5.56 Å². The van der Waals surface area contributed by atoms with Crippen LogP contribution < -0.4 is 5.32 Å². The molecule has 0 radical (unpaired) electrons. The average molecular weight is 215 g/mol. The predicted octanol–water partition coefficient (Wildman–Crippen LogP) is 2.00. The van der Waals surface area contributed by atoms with Crippen LogP contribution in [0.1, 0.15) is 24.9 Å². The Balaban J connectivity index is 2.85. The minimum Gasteiger partial charge on any atom is -0.394 e. The molecule has 1 atom stereocenters. The Morgan fingerprint density at radius 3 is 2.73 bits per heavy atom. The van der Waals surface area contributed by atoms with Crippen molar-refractivity contribution in [2.45, 2.75) is 19.4 Å². The summed E-state index contributed by atoms with van der Waals surface area (Å²) in [6.45, 7) is 2.37. The largest absolute Gasteiger partial charge is 0.394 e. The molecule has 15 heavy (non-hydrogen) atoms. The lowest BCUT2D eigenvalue weighted by Gasteiger charge is -2.16. The molecule has 0 saturated heterocycles. The van der Waals surface area contributed by atoms with Gasteiger partial charge >= 0.3 is 0 Å². The first kappa shape index (κ1) is 12.1. The third kappa shape index (κ3) is 3.25. The predicted molar refractivity (Wildman–Crippen MR) is 54.5 cm³/mol. The highest BCUT2D eigenvalue weighted by molar-refractivity contribution is 5.22. The fraction of sp³-hybridized carbons (Fsp3) is 0.455. The lowest BCUT2D eigenvalue weighted by atomic mass is 10.1. The number of rotatable bonds is 5. The molecule has 0 aliphatic carbocycles. The molecule has 0 fully saturated rings. The molecule has 1 aromatic carbocycles. The molecular formula is C11H15F2NO. The van der Waals surface area contributed by atoms with Crippen molar-refractivity contribution < 1.29 is 13.9 Å². The molecule has 2 N–H and O–H groups in total. The van der Waals surface area contributed by atoms with Crippen molar-refractivity contribution in [2.24, 2.45) is 0 Å². The molecule has 1 rings (SSSR count). The van der Waals surface area contributed by atoms with Gasteiger partial charge in [-0.05, 0) is 31.2 Å². The van der Waals surface area contributed by atoms with Gasteiger partial charge in [0.1, 0.15) is 11.6 Å². The maximum Gasteiger partial charge on any atom is 0.128 e. The summed E-state index contributed by atoms with van der Waals surface area (Å²) in [6.07, 6.45) is 0.868. The first-order valence-corrected chi connectivity index (χ1v) is 4.98. The van der Waals surface area contributed by atoms with Gasteiger partial charge in [0.05, 0.1) is 12.6 Å². The zero-order valence-electron chi connectivity index (χ0n) is 8.63.